The number of hydrogen-bond donors (Lipinski definition) is 1. The van der Waals surface area contributed by atoms with Gasteiger partial charge in [-0.3, -0.25) is 20.1 Å². The van der Waals surface area contributed by atoms with Crippen molar-refractivity contribution in [2.45, 2.75) is 13.8 Å². The highest BCUT2D eigenvalue weighted by molar-refractivity contribution is 6.04. The highest BCUT2D eigenvalue weighted by Gasteiger charge is 2.13. The number of pyridine rings is 2. The van der Waals surface area contributed by atoms with Crippen molar-refractivity contribution in [3.8, 4) is 11.5 Å². The first-order valence-corrected chi connectivity index (χ1v) is 6.99. The normalized spacial score (nSPS) is 10.3. The monoisotopic (exact) mass is 306 g/mol. The Kier molecular flexibility index (Phi) is 4.01. The third kappa shape index (κ3) is 3.34. The van der Waals surface area contributed by atoms with E-state index in [9.17, 15) is 4.79 Å². The van der Waals surface area contributed by atoms with E-state index in [1.807, 2.05) is 19.1 Å². The van der Waals surface area contributed by atoms with E-state index in [-0.39, 0.29) is 11.9 Å². The summed E-state index contributed by atoms with van der Waals surface area (Å²) < 4.78 is 0. The topological polar surface area (TPSA) is 93.6 Å². The van der Waals surface area contributed by atoms with Gasteiger partial charge in [0.15, 0.2) is 5.82 Å². The smallest absolute Gasteiger partial charge is 0.258 e. The Morgan fingerprint density at radius 2 is 1.91 bits per heavy atom. The van der Waals surface area contributed by atoms with Crippen LogP contribution in [0.4, 0.5) is 5.95 Å². The lowest BCUT2D eigenvalue weighted by Crippen LogP contribution is -2.16. The number of carbonyl (C=O) groups is 1. The summed E-state index contributed by atoms with van der Waals surface area (Å²) >= 11 is 0. The van der Waals surface area contributed by atoms with Gasteiger partial charge in [0.05, 0.1) is 0 Å². The predicted octanol–water partition coefficient (Wildman–Crippen LogP) is 2.20. The number of rotatable bonds is 3. The second-order valence-corrected chi connectivity index (χ2v) is 4.89. The Morgan fingerprint density at radius 3 is 2.65 bits per heavy atom. The maximum atomic E-state index is 12.3. The maximum absolute atomic E-state index is 12.3. The second kappa shape index (κ2) is 6.27. The molecular weight excluding hydrogens is 292 g/mol. The summed E-state index contributed by atoms with van der Waals surface area (Å²) in [5, 5.41) is 2.69. The van der Waals surface area contributed by atoms with Crippen LogP contribution in [-0.4, -0.2) is 30.8 Å². The van der Waals surface area contributed by atoms with Gasteiger partial charge in [-0.1, -0.05) is 6.07 Å². The molecule has 0 aromatic carbocycles. The van der Waals surface area contributed by atoms with E-state index >= 15 is 0 Å². The number of nitrogens with one attached hydrogen (secondary N) is 1. The van der Waals surface area contributed by atoms with Crippen molar-refractivity contribution in [1.82, 2.24) is 24.9 Å². The minimum Gasteiger partial charge on any atom is -0.290 e. The van der Waals surface area contributed by atoms with Crippen LogP contribution in [0, 0.1) is 13.8 Å². The average molecular weight is 306 g/mol. The van der Waals surface area contributed by atoms with Gasteiger partial charge in [-0.25, -0.2) is 4.98 Å². The van der Waals surface area contributed by atoms with Gasteiger partial charge in [0.1, 0.15) is 11.5 Å². The third-order valence-electron chi connectivity index (χ3n) is 3.13. The van der Waals surface area contributed by atoms with E-state index in [2.05, 4.69) is 30.2 Å². The van der Waals surface area contributed by atoms with Crippen LogP contribution in [0.2, 0.25) is 0 Å². The van der Waals surface area contributed by atoms with Crippen molar-refractivity contribution < 1.29 is 4.79 Å². The third-order valence-corrected chi connectivity index (χ3v) is 3.13. The van der Waals surface area contributed by atoms with Gasteiger partial charge in [-0.2, -0.15) is 9.97 Å². The Balaban J connectivity index is 1.91. The molecule has 1 N–H and O–H groups in total. The second-order valence-electron chi connectivity index (χ2n) is 4.89. The first-order valence-electron chi connectivity index (χ1n) is 6.99. The molecule has 3 heterocycles. The number of nitrogens with zero attached hydrogens (tertiary/aromatic N) is 5. The summed E-state index contributed by atoms with van der Waals surface area (Å²) in [5.74, 6) is 0.823. The van der Waals surface area contributed by atoms with Crippen molar-refractivity contribution in [2.75, 3.05) is 5.32 Å². The molecule has 7 heteroatoms. The van der Waals surface area contributed by atoms with E-state index in [4.69, 9.17) is 0 Å². The van der Waals surface area contributed by atoms with Gasteiger partial charge < -0.3 is 0 Å². The van der Waals surface area contributed by atoms with Gasteiger partial charge in [-0.15, -0.1) is 0 Å². The largest absolute Gasteiger partial charge is 0.290 e. The molecule has 0 aliphatic rings. The lowest BCUT2D eigenvalue weighted by atomic mass is 10.1. The van der Waals surface area contributed by atoms with E-state index < -0.39 is 0 Å². The molecule has 3 rings (SSSR count). The first kappa shape index (κ1) is 14.7. The molecule has 3 aromatic rings. The summed E-state index contributed by atoms with van der Waals surface area (Å²) in [6, 6.07) is 7.11. The van der Waals surface area contributed by atoms with Crippen LogP contribution in [-0.2, 0) is 0 Å². The van der Waals surface area contributed by atoms with Crippen molar-refractivity contribution in [3.63, 3.8) is 0 Å². The number of carbonyl (C=O) groups excluding carboxylic acids is 1. The summed E-state index contributed by atoms with van der Waals surface area (Å²) in [6.45, 7) is 3.56. The standard InChI is InChI=1S/C16H14N6O/c1-10-9-17-8-6-12(10)15(23)22-16-20-11(2)19-14(21-16)13-5-3-4-7-18-13/h3-9H,1-2H3,(H,19,20,21,22,23). The molecule has 23 heavy (non-hydrogen) atoms. The van der Waals surface area contributed by atoms with Crippen molar-refractivity contribution in [1.29, 1.82) is 0 Å². The van der Waals surface area contributed by atoms with Gasteiger partial charge in [-0.05, 0) is 37.6 Å². The molecule has 7 nitrogen and oxygen atoms in total. The van der Waals surface area contributed by atoms with Crippen LogP contribution in [0.1, 0.15) is 21.7 Å². The fraction of sp³-hybridized carbons (Fsp3) is 0.125. The summed E-state index contributed by atoms with van der Waals surface area (Å²) in [5.41, 5.74) is 1.92. The van der Waals surface area contributed by atoms with Crippen molar-refractivity contribution in [3.05, 3.63) is 59.8 Å². The van der Waals surface area contributed by atoms with Crippen LogP contribution in [0.15, 0.2) is 42.9 Å². The minimum absolute atomic E-state index is 0.194. The van der Waals surface area contributed by atoms with E-state index in [0.717, 1.165) is 5.56 Å². The average Bonchev–Trinajstić information content (AvgIpc) is 2.55. The minimum atomic E-state index is -0.289. The number of aromatic nitrogens is 5. The van der Waals surface area contributed by atoms with E-state index in [0.29, 0.717) is 22.9 Å². The summed E-state index contributed by atoms with van der Waals surface area (Å²) in [4.78, 5) is 33.2. The highest BCUT2D eigenvalue weighted by Crippen LogP contribution is 2.14. The molecular formula is C16H14N6O. The SMILES string of the molecule is Cc1nc(NC(=O)c2ccncc2C)nc(-c2ccccn2)n1. The molecule has 114 valence electrons. The lowest BCUT2D eigenvalue weighted by Gasteiger charge is -2.07. The maximum Gasteiger partial charge on any atom is 0.258 e. The van der Waals surface area contributed by atoms with Crippen LogP contribution < -0.4 is 5.32 Å². The zero-order valence-corrected chi connectivity index (χ0v) is 12.7. The molecule has 0 fully saturated rings. The highest BCUT2D eigenvalue weighted by atomic mass is 16.1. The number of hydrogen-bond acceptors (Lipinski definition) is 6. The van der Waals surface area contributed by atoms with Crippen molar-refractivity contribution in [2.24, 2.45) is 0 Å². The van der Waals surface area contributed by atoms with Crippen LogP contribution in [0.5, 0.6) is 0 Å². The molecule has 0 saturated carbocycles. The molecule has 0 saturated heterocycles. The summed E-state index contributed by atoms with van der Waals surface area (Å²) in [6.07, 6.45) is 4.86. The van der Waals surface area contributed by atoms with Crippen LogP contribution in [0.3, 0.4) is 0 Å². The molecule has 0 bridgehead atoms. The predicted molar refractivity (Wildman–Crippen MR) is 84.7 cm³/mol. The van der Waals surface area contributed by atoms with E-state index in [1.165, 1.54) is 0 Å². The lowest BCUT2D eigenvalue weighted by molar-refractivity contribution is 0.102. The van der Waals surface area contributed by atoms with Gasteiger partial charge in [0.25, 0.3) is 5.91 Å². The van der Waals surface area contributed by atoms with Crippen LogP contribution >= 0.6 is 0 Å². The Hall–Kier alpha value is -3.22. The first-order chi connectivity index (χ1) is 11.1. The zero-order chi connectivity index (χ0) is 16.2. The van der Waals surface area contributed by atoms with Crippen molar-refractivity contribution >= 4 is 11.9 Å². The Morgan fingerprint density at radius 1 is 1.04 bits per heavy atom. The van der Waals surface area contributed by atoms with Gasteiger partial charge in [0, 0.05) is 24.2 Å². The Bertz CT molecular complexity index is 850. The molecule has 0 spiro atoms. The number of anilines is 1. The number of amides is 1. The molecule has 0 aliphatic carbocycles. The molecule has 0 unspecified atom stereocenters. The fourth-order valence-corrected chi connectivity index (χ4v) is 2.04. The quantitative estimate of drug-likeness (QED) is 0.797. The molecule has 0 radical (unpaired) electrons. The molecule has 3 aromatic heterocycles. The van der Waals surface area contributed by atoms with E-state index in [1.54, 1.807) is 37.6 Å². The van der Waals surface area contributed by atoms with Crippen LogP contribution in [0.25, 0.3) is 11.5 Å². The van der Waals surface area contributed by atoms with Gasteiger partial charge in [0.2, 0.25) is 5.95 Å². The fourth-order valence-electron chi connectivity index (χ4n) is 2.04. The molecule has 1 amide bonds. The summed E-state index contributed by atoms with van der Waals surface area (Å²) in [7, 11) is 0. The number of aryl methyl sites for hydroxylation is 2. The molecule has 0 atom stereocenters. The Labute approximate surface area is 132 Å². The molecule has 0 aliphatic heterocycles. The zero-order valence-electron chi connectivity index (χ0n) is 12.7. The van der Waals surface area contributed by atoms with Gasteiger partial charge >= 0.3 is 0 Å².